The van der Waals surface area contributed by atoms with E-state index < -0.39 is 11.9 Å². The van der Waals surface area contributed by atoms with Crippen molar-refractivity contribution in [1.82, 2.24) is 0 Å². The molecule has 1 aromatic carbocycles. The van der Waals surface area contributed by atoms with Gasteiger partial charge in [-0.2, -0.15) is 0 Å². The zero-order valence-corrected chi connectivity index (χ0v) is 12.2. The summed E-state index contributed by atoms with van der Waals surface area (Å²) in [5.41, 5.74) is 1.04. The molecule has 1 fully saturated rings. The highest BCUT2D eigenvalue weighted by atomic mass is 127. The van der Waals surface area contributed by atoms with Gasteiger partial charge in [0.25, 0.3) is 0 Å². The van der Waals surface area contributed by atoms with Gasteiger partial charge in [0, 0.05) is 28.8 Å². The summed E-state index contributed by atoms with van der Waals surface area (Å²) in [7, 11) is 1.32. The van der Waals surface area contributed by atoms with E-state index in [-0.39, 0.29) is 5.78 Å². The van der Waals surface area contributed by atoms with Crippen LogP contribution in [0.4, 0.5) is 5.69 Å². The number of carbonyl (C=O) groups excluding carboxylic acids is 2. The van der Waals surface area contributed by atoms with Crippen LogP contribution in [-0.2, 0) is 14.3 Å². The fraction of sp³-hybridized carbons (Fsp3) is 0.385. The summed E-state index contributed by atoms with van der Waals surface area (Å²) in [5, 5.41) is 0. The zero-order chi connectivity index (χ0) is 13.1. The molecule has 0 aliphatic carbocycles. The smallest absolute Gasteiger partial charge is 0.318 e. The Hall–Kier alpha value is -1.11. The molecule has 18 heavy (non-hydrogen) atoms. The van der Waals surface area contributed by atoms with Crippen molar-refractivity contribution in [2.45, 2.75) is 6.42 Å². The number of hydrogen-bond acceptors (Lipinski definition) is 4. The van der Waals surface area contributed by atoms with Crippen LogP contribution < -0.4 is 4.90 Å². The number of Topliss-reactive ketones (excluding diaryl/α,β-unsaturated/α-hetero) is 1. The number of carbonyl (C=O) groups is 2. The van der Waals surface area contributed by atoms with Gasteiger partial charge in [-0.1, -0.05) is 6.07 Å². The molecule has 1 unspecified atom stereocenters. The number of anilines is 1. The lowest BCUT2D eigenvalue weighted by atomic mass is 9.96. The number of esters is 1. The van der Waals surface area contributed by atoms with Crippen LogP contribution in [0.15, 0.2) is 24.3 Å². The van der Waals surface area contributed by atoms with E-state index in [2.05, 4.69) is 32.2 Å². The third-order valence-electron chi connectivity index (χ3n) is 3.08. The summed E-state index contributed by atoms with van der Waals surface area (Å²) < 4.78 is 5.82. The highest BCUT2D eigenvalue weighted by molar-refractivity contribution is 14.1. The van der Waals surface area contributed by atoms with Gasteiger partial charge in [0.05, 0.1) is 7.11 Å². The van der Waals surface area contributed by atoms with Gasteiger partial charge < -0.3 is 9.64 Å². The lowest BCUT2D eigenvalue weighted by Crippen LogP contribution is -2.44. The fourth-order valence-electron chi connectivity index (χ4n) is 2.09. The largest absolute Gasteiger partial charge is 0.468 e. The van der Waals surface area contributed by atoms with Gasteiger partial charge in [0.1, 0.15) is 5.92 Å². The number of ketones is 1. The van der Waals surface area contributed by atoms with E-state index in [1.165, 1.54) is 7.11 Å². The second-order valence-corrected chi connectivity index (χ2v) is 5.46. The van der Waals surface area contributed by atoms with E-state index in [1.807, 2.05) is 24.3 Å². The van der Waals surface area contributed by atoms with E-state index in [0.717, 1.165) is 9.26 Å². The van der Waals surface area contributed by atoms with Gasteiger partial charge in [0.2, 0.25) is 0 Å². The normalized spacial score (nSPS) is 19.8. The lowest BCUT2D eigenvalue weighted by Gasteiger charge is -2.32. The Morgan fingerprint density at radius 3 is 2.94 bits per heavy atom. The maximum absolute atomic E-state index is 11.7. The Morgan fingerprint density at radius 1 is 1.50 bits per heavy atom. The summed E-state index contributed by atoms with van der Waals surface area (Å²) >= 11 is 2.25. The number of ether oxygens (including phenoxy) is 1. The maximum atomic E-state index is 11.7. The molecule has 1 atom stereocenters. The molecule has 0 bridgehead atoms. The lowest BCUT2D eigenvalue weighted by molar-refractivity contribution is -0.149. The Balaban J connectivity index is 2.17. The fourth-order valence-corrected chi connectivity index (χ4v) is 2.62. The molecule has 0 spiro atoms. The molecule has 1 aliphatic rings. The SMILES string of the molecule is COC(=O)C1CN(c2cccc(I)c2)CCC1=O. The average Bonchev–Trinajstić information content (AvgIpc) is 2.38. The Kier molecular flexibility index (Phi) is 4.21. The summed E-state index contributed by atoms with van der Waals surface area (Å²) in [6, 6.07) is 8.02. The Labute approximate surface area is 119 Å². The van der Waals surface area contributed by atoms with Crippen LogP contribution in [-0.4, -0.2) is 32.0 Å². The van der Waals surface area contributed by atoms with Crippen molar-refractivity contribution in [3.05, 3.63) is 27.8 Å². The monoisotopic (exact) mass is 359 g/mol. The minimum Gasteiger partial charge on any atom is -0.468 e. The van der Waals surface area contributed by atoms with Crippen molar-refractivity contribution >= 4 is 40.0 Å². The van der Waals surface area contributed by atoms with Crippen LogP contribution >= 0.6 is 22.6 Å². The van der Waals surface area contributed by atoms with Gasteiger partial charge >= 0.3 is 5.97 Å². The van der Waals surface area contributed by atoms with Crippen molar-refractivity contribution in [2.75, 3.05) is 25.1 Å². The highest BCUT2D eigenvalue weighted by Crippen LogP contribution is 2.23. The second-order valence-electron chi connectivity index (χ2n) is 4.22. The molecular formula is C13H14INO3. The van der Waals surface area contributed by atoms with E-state index >= 15 is 0 Å². The number of methoxy groups -OCH3 is 1. The van der Waals surface area contributed by atoms with Crippen LogP contribution in [0.5, 0.6) is 0 Å². The molecule has 1 aliphatic heterocycles. The van der Waals surface area contributed by atoms with Crippen molar-refractivity contribution in [2.24, 2.45) is 5.92 Å². The van der Waals surface area contributed by atoms with Gasteiger partial charge in [-0.15, -0.1) is 0 Å². The molecule has 1 heterocycles. The number of benzene rings is 1. The van der Waals surface area contributed by atoms with Crippen molar-refractivity contribution in [1.29, 1.82) is 0 Å². The molecule has 96 valence electrons. The van der Waals surface area contributed by atoms with Crippen molar-refractivity contribution in [3.63, 3.8) is 0 Å². The molecule has 4 nitrogen and oxygen atoms in total. The van der Waals surface area contributed by atoms with Gasteiger partial charge in [-0.3, -0.25) is 9.59 Å². The summed E-state index contributed by atoms with van der Waals surface area (Å²) in [4.78, 5) is 25.3. The molecule has 0 N–H and O–H groups in total. The van der Waals surface area contributed by atoms with Gasteiger partial charge in [-0.05, 0) is 40.8 Å². The molecule has 1 aromatic rings. The number of hydrogen-bond donors (Lipinski definition) is 0. The van der Waals surface area contributed by atoms with E-state index in [4.69, 9.17) is 0 Å². The first kappa shape index (κ1) is 13.3. The second kappa shape index (κ2) is 5.69. The molecular weight excluding hydrogens is 345 g/mol. The first-order valence-corrected chi connectivity index (χ1v) is 6.80. The summed E-state index contributed by atoms with van der Waals surface area (Å²) in [5.74, 6) is -1.11. The van der Waals surface area contributed by atoms with Gasteiger partial charge in [-0.25, -0.2) is 0 Å². The van der Waals surface area contributed by atoms with Crippen molar-refractivity contribution in [3.8, 4) is 0 Å². The minimum absolute atomic E-state index is 0.0243. The average molecular weight is 359 g/mol. The predicted octanol–water partition coefficient (Wildman–Crippen LogP) is 1.86. The predicted molar refractivity (Wildman–Crippen MR) is 76.5 cm³/mol. The Morgan fingerprint density at radius 2 is 2.28 bits per heavy atom. The zero-order valence-electron chi connectivity index (χ0n) is 10.1. The molecule has 0 radical (unpaired) electrons. The van der Waals surface area contributed by atoms with Crippen LogP contribution in [0.2, 0.25) is 0 Å². The number of halogens is 1. The standard InChI is InChI=1S/C13H14INO3/c1-18-13(17)11-8-15(6-5-12(11)16)10-4-2-3-9(14)7-10/h2-4,7,11H,5-6,8H2,1H3. The third kappa shape index (κ3) is 2.82. The van der Waals surface area contributed by atoms with E-state index in [1.54, 1.807) is 0 Å². The van der Waals surface area contributed by atoms with Crippen LogP contribution in [0.25, 0.3) is 0 Å². The molecule has 0 aromatic heterocycles. The van der Waals surface area contributed by atoms with Crippen LogP contribution in [0, 0.1) is 9.49 Å². The van der Waals surface area contributed by atoms with E-state index in [0.29, 0.717) is 19.5 Å². The molecule has 1 saturated heterocycles. The summed E-state index contributed by atoms with van der Waals surface area (Å²) in [6.45, 7) is 1.07. The summed E-state index contributed by atoms with van der Waals surface area (Å²) in [6.07, 6.45) is 0.394. The topological polar surface area (TPSA) is 46.6 Å². The van der Waals surface area contributed by atoms with Crippen LogP contribution in [0.1, 0.15) is 6.42 Å². The molecule has 5 heteroatoms. The van der Waals surface area contributed by atoms with Gasteiger partial charge in [0.15, 0.2) is 5.78 Å². The first-order valence-electron chi connectivity index (χ1n) is 5.73. The number of rotatable bonds is 2. The molecule has 0 amide bonds. The number of piperidine rings is 1. The molecule has 0 saturated carbocycles. The first-order chi connectivity index (χ1) is 8.61. The number of nitrogens with zero attached hydrogens (tertiary/aromatic N) is 1. The minimum atomic E-state index is -0.651. The van der Waals surface area contributed by atoms with Crippen molar-refractivity contribution < 1.29 is 14.3 Å². The quantitative estimate of drug-likeness (QED) is 0.460. The maximum Gasteiger partial charge on any atom is 0.318 e. The third-order valence-corrected chi connectivity index (χ3v) is 3.75. The highest BCUT2D eigenvalue weighted by Gasteiger charge is 2.33. The molecule has 2 rings (SSSR count). The van der Waals surface area contributed by atoms with Crippen LogP contribution in [0.3, 0.4) is 0 Å². The van der Waals surface area contributed by atoms with E-state index in [9.17, 15) is 9.59 Å². The Bertz CT molecular complexity index is 467.